The second-order valence-corrected chi connectivity index (χ2v) is 4.49. The van der Waals surface area contributed by atoms with Gasteiger partial charge in [0.2, 0.25) is 0 Å². The highest BCUT2D eigenvalue weighted by Crippen LogP contribution is 2.28. The number of carbonyl (C=O) groups is 1. The van der Waals surface area contributed by atoms with Gasteiger partial charge in [-0.15, -0.1) is 0 Å². The van der Waals surface area contributed by atoms with Gasteiger partial charge in [-0.2, -0.15) is 0 Å². The van der Waals surface area contributed by atoms with Gasteiger partial charge in [0.05, 0.1) is 6.61 Å². The smallest absolute Gasteiger partial charge is 0.306 e. The maximum Gasteiger partial charge on any atom is 0.306 e. The zero-order chi connectivity index (χ0) is 11.1. The highest BCUT2D eigenvalue weighted by molar-refractivity contribution is 5.70. The third-order valence-corrected chi connectivity index (χ3v) is 2.86. The maximum atomic E-state index is 11.2. The first-order valence-electron chi connectivity index (χ1n) is 5.96. The van der Waals surface area contributed by atoms with E-state index in [0.717, 1.165) is 38.7 Å². The van der Waals surface area contributed by atoms with Gasteiger partial charge in [-0.1, -0.05) is 13.3 Å². The Kier molecular flexibility index (Phi) is 5.09. The molecule has 0 N–H and O–H groups in total. The van der Waals surface area contributed by atoms with Crippen molar-refractivity contribution < 1.29 is 14.3 Å². The SMILES string of the molecule is CCCCOCC[C@@]1(C)CCCC(=O)O1. The van der Waals surface area contributed by atoms with E-state index in [-0.39, 0.29) is 11.6 Å². The molecule has 0 amide bonds. The predicted octanol–water partition coefficient (Wildman–Crippen LogP) is 2.68. The molecule has 1 fully saturated rings. The maximum absolute atomic E-state index is 11.2. The number of hydrogen-bond donors (Lipinski definition) is 0. The Morgan fingerprint density at radius 1 is 1.47 bits per heavy atom. The lowest BCUT2D eigenvalue weighted by Crippen LogP contribution is -2.36. The molecule has 0 aromatic heterocycles. The molecule has 1 saturated heterocycles. The molecule has 0 spiro atoms. The van der Waals surface area contributed by atoms with Crippen molar-refractivity contribution in [2.24, 2.45) is 0 Å². The molecule has 0 aromatic rings. The molecule has 1 aliphatic rings. The standard InChI is InChI=1S/C12H22O3/c1-3-4-9-14-10-8-12(2)7-5-6-11(13)15-12/h3-10H2,1-2H3/t12-/m1/s1. The molecular formula is C12H22O3. The summed E-state index contributed by atoms with van der Waals surface area (Å²) in [5.74, 6) is -0.0580. The summed E-state index contributed by atoms with van der Waals surface area (Å²) in [5, 5.41) is 0. The summed E-state index contributed by atoms with van der Waals surface area (Å²) in [6.45, 7) is 5.67. The lowest BCUT2D eigenvalue weighted by atomic mass is 9.93. The van der Waals surface area contributed by atoms with Crippen LogP contribution in [-0.4, -0.2) is 24.8 Å². The second-order valence-electron chi connectivity index (χ2n) is 4.49. The fourth-order valence-electron chi connectivity index (χ4n) is 1.80. The summed E-state index contributed by atoms with van der Waals surface area (Å²) in [4.78, 5) is 11.2. The van der Waals surface area contributed by atoms with Gasteiger partial charge < -0.3 is 9.47 Å². The van der Waals surface area contributed by atoms with E-state index in [0.29, 0.717) is 13.0 Å². The van der Waals surface area contributed by atoms with Crippen molar-refractivity contribution in [3.63, 3.8) is 0 Å². The molecule has 0 aliphatic carbocycles. The van der Waals surface area contributed by atoms with Crippen molar-refractivity contribution in [1.29, 1.82) is 0 Å². The van der Waals surface area contributed by atoms with Gasteiger partial charge in [0.15, 0.2) is 0 Å². The summed E-state index contributed by atoms with van der Waals surface area (Å²) in [6, 6.07) is 0. The van der Waals surface area contributed by atoms with Crippen LogP contribution in [0.2, 0.25) is 0 Å². The minimum Gasteiger partial charge on any atom is -0.459 e. The van der Waals surface area contributed by atoms with Crippen LogP contribution in [0.25, 0.3) is 0 Å². The van der Waals surface area contributed by atoms with Gasteiger partial charge in [-0.25, -0.2) is 0 Å². The first kappa shape index (κ1) is 12.5. The van der Waals surface area contributed by atoms with Gasteiger partial charge in [-0.3, -0.25) is 4.79 Å². The van der Waals surface area contributed by atoms with Crippen LogP contribution < -0.4 is 0 Å². The molecular weight excluding hydrogens is 192 g/mol. The van der Waals surface area contributed by atoms with Crippen LogP contribution in [0.5, 0.6) is 0 Å². The summed E-state index contributed by atoms with van der Waals surface area (Å²) >= 11 is 0. The first-order chi connectivity index (χ1) is 7.16. The van der Waals surface area contributed by atoms with Crippen LogP contribution in [0.3, 0.4) is 0 Å². The Labute approximate surface area is 92.1 Å². The van der Waals surface area contributed by atoms with E-state index < -0.39 is 0 Å². The van der Waals surface area contributed by atoms with Gasteiger partial charge in [0, 0.05) is 19.4 Å². The lowest BCUT2D eigenvalue weighted by Gasteiger charge is -2.33. The molecule has 1 rings (SSSR count). The van der Waals surface area contributed by atoms with Crippen molar-refractivity contribution in [2.75, 3.05) is 13.2 Å². The molecule has 3 nitrogen and oxygen atoms in total. The highest BCUT2D eigenvalue weighted by atomic mass is 16.6. The number of cyclic esters (lactones) is 1. The van der Waals surface area contributed by atoms with Crippen molar-refractivity contribution in [2.45, 2.75) is 58.0 Å². The van der Waals surface area contributed by atoms with E-state index in [1.54, 1.807) is 0 Å². The Morgan fingerprint density at radius 3 is 2.93 bits per heavy atom. The van der Waals surface area contributed by atoms with Crippen molar-refractivity contribution >= 4 is 5.97 Å². The Balaban J connectivity index is 2.15. The van der Waals surface area contributed by atoms with E-state index in [2.05, 4.69) is 6.92 Å². The van der Waals surface area contributed by atoms with Gasteiger partial charge in [0.25, 0.3) is 0 Å². The minimum atomic E-state index is -0.276. The second kappa shape index (κ2) is 6.11. The molecule has 1 heterocycles. The van der Waals surface area contributed by atoms with Crippen molar-refractivity contribution in [1.82, 2.24) is 0 Å². The third kappa shape index (κ3) is 4.65. The van der Waals surface area contributed by atoms with E-state index in [4.69, 9.17) is 9.47 Å². The van der Waals surface area contributed by atoms with Crippen LogP contribution in [0, 0.1) is 0 Å². The highest BCUT2D eigenvalue weighted by Gasteiger charge is 2.32. The normalized spacial score (nSPS) is 26.4. The summed E-state index contributed by atoms with van der Waals surface area (Å²) in [5.41, 5.74) is -0.276. The fraction of sp³-hybridized carbons (Fsp3) is 0.917. The zero-order valence-electron chi connectivity index (χ0n) is 9.88. The van der Waals surface area contributed by atoms with Crippen LogP contribution >= 0.6 is 0 Å². The Hall–Kier alpha value is -0.570. The monoisotopic (exact) mass is 214 g/mol. The molecule has 88 valence electrons. The summed E-state index contributed by atoms with van der Waals surface area (Å²) in [6.07, 6.45) is 5.58. The molecule has 15 heavy (non-hydrogen) atoms. The van der Waals surface area contributed by atoms with Gasteiger partial charge in [0.1, 0.15) is 5.60 Å². The number of rotatable bonds is 6. The number of esters is 1. The fourth-order valence-corrected chi connectivity index (χ4v) is 1.80. The lowest BCUT2D eigenvalue weighted by molar-refractivity contribution is -0.167. The van der Waals surface area contributed by atoms with Crippen molar-refractivity contribution in [3.05, 3.63) is 0 Å². The van der Waals surface area contributed by atoms with Crippen LogP contribution in [0.1, 0.15) is 52.4 Å². The van der Waals surface area contributed by atoms with E-state index >= 15 is 0 Å². The number of hydrogen-bond acceptors (Lipinski definition) is 3. The third-order valence-electron chi connectivity index (χ3n) is 2.86. The molecule has 0 radical (unpaired) electrons. The van der Waals surface area contributed by atoms with E-state index in [1.165, 1.54) is 0 Å². The predicted molar refractivity (Wildman–Crippen MR) is 58.7 cm³/mol. The molecule has 1 atom stereocenters. The molecule has 0 aromatic carbocycles. The minimum absolute atomic E-state index is 0.0580. The molecule has 0 unspecified atom stereocenters. The van der Waals surface area contributed by atoms with E-state index in [1.807, 2.05) is 6.92 Å². The topological polar surface area (TPSA) is 35.5 Å². The molecule has 0 saturated carbocycles. The Morgan fingerprint density at radius 2 is 2.27 bits per heavy atom. The first-order valence-corrected chi connectivity index (χ1v) is 5.96. The molecule has 0 bridgehead atoms. The summed E-state index contributed by atoms with van der Waals surface area (Å²) < 4.78 is 10.8. The number of carbonyl (C=O) groups excluding carboxylic acids is 1. The van der Waals surface area contributed by atoms with Gasteiger partial charge >= 0.3 is 5.97 Å². The van der Waals surface area contributed by atoms with Crippen LogP contribution in [0.15, 0.2) is 0 Å². The molecule has 3 heteroatoms. The average molecular weight is 214 g/mol. The Bertz CT molecular complexity index is 203. The average Bonchev–Trinajstić information content (AvgIpc) is 2.17. The summed E-state index contributed by atoms with van der Waals surface area (Å²) in [7, 11) is 0. The molecule has 1 aliphatic heterocycles. The van der Waals surface area contributed by atoms with Crippen LogP contribution in [-0.2, 0) is 14.3 Å². The van der Waals surface area contributed by atoms with Crippen molar-refractivity contribution in [3.8, 4) is 0 Å². The van der Waals surface area contributed by atoms with E-state index in [9.17, 15) is 4.79 Å². The quantitative estimate of drug-likeness (QED) is 0.503. The number of unbranched alkanes of at least 4 members (excludes halogenated alkanes) is 1. The number of ether oxygens (including phenoxy) is 2. The van der Waals surface area contributed by atoms with Crippen LogP contribution in [0.4, 0.5) is 0 Å². The zero-order valence-corrected chi connectivity index (χ0v) is 9.88. The van der Waals surface area contributed by atoms with Gasteiger partial charge in [-0.05, 0) is 26.2 Å². The largest absolute Gasteiger partial charge is 0.459 e.